The lowest BCUT2D eigenvalue weighted by Gasteiger charge is -2.46. The molecule has 0 saturated heterocycles. The molecule has 0 bridgehead atoms. The van der Waals surface area contributed by atoms with Crippen molar-refractivity contribution >= 4 is 23.2 Å². The number of anilines is 2. The molecule has 152 valence electrons. The number of nitrogens with zero attached hydrogens (tertiary/aromatic N) is 2. The van der Waals surface area contributed by atoms with E-state index in [1.165, 1.54) is 11.0 Å². The zero-order chi connectivity index (χ0) is 21.0. The third kappa shape index (κ3) is 2.84. The number of ether oxygens (including phenoxy) is 1. The second-order valence-corrected chi connectivity index (χ2v) is 8.24. The smallest absolute Gasteiger partial charge is 0.237 e. The Hall–Kier alpha value is -3.09. The fraction of sp³-hybridized carbons (Fsp3) is 0.364. The van der Waals surface area contributed by atoms with Crippen LogP contribution in [-0.2, 0) is 16.8 Å². The van der Waals surface area contributed by atoms with Gasteiger partial charge in [-0.25, -0.2) is 9.38 Å². The molecule has 1 atom stereocenters. The highest BCUT2D eigenvalue weighted by molar-refractivity contribution is 6.01. The van der Waals surface area contributed by atoms with Crippen LogP contribution in [0.4, 0.5) is 15.8 Å². The Morgan fingerprint density at radius 1 is 1.24 bits per heavy atom. The zero-order valence-corrected chi connectivity index (χ0v) is 17.0. The molecule has 0 aromatic heterocycles. The van der Waals surface area contributed by atoms with Crippen molar-refractivity contribution < 1.29 is 13.9 Å². The third-order valence-electron chi connectivity index (χ3n) is 6.22. The summed E-state index contributed by atoms with van der Waals surface area (Å²) in [4.78, 5) is 18.7. The number of nitrogens with two attached hydrogens (primary N) is 1. The summed E-state index contributed by atoms with van der Waals surface area (Å²) in [5.41, 5.74) is 6.80. The normalized spacial score (nSPS) is 22.7. The van der Waals surface area contributed by atoms with Crippen molar-refractivity contribution in [3.63, 3.8) is 0 Å². The number of amides is 1. The zero-order valence-electron chi connectivity index (χ0n) is 17.0. The molecule has 0 saturated carbocycles. The largest absolute Gasteiger partial charge is 0.491 e. The number of benzene rings is 2. The topological polar surface area (TPSA) is 80.0 Å². The number of rotatable bonds is 3. The molecule has 3 N–H and O–H groups in total. The van der Waals surface area contributed by atoms with E-state index in [2.05, 4.69) is 10.3 Å². The number of para-hydroxylation sites is 1. The van der Waals surface area contributed by atoms with Gasteiger partial charge in [0, 0.05) is 24.7 Å². The van der Waals surface area contributed by atoms with Gasteiger partial charge in [-0.1, -0.05) is 12.1 Å². The van der Waals surface area contributed by atoms with Crippen LogP contribution in [0, 0.1) is 11.2 Å². The summed E-state index contributed by atoms with van der Waals surface area (Å²) in [6.07, 6.45) is 0.870. The molecule has 2 aliphatic rings. The maximum atomic E-state index is 15.0. The molecule has 7 heteroatoms. The van der Waals surface area contributed by atoms with E-state index in [1.54, 1.807) is 40.0 Å². The number of hydrogen-bond donors (Lipinski definition) is 2. The summed E-state index contributed by atoms with van der Waals surface area (Å²) in [5, 5.41) is 3.32. The van der Waals surface area contributed by atoms with E-state index in [4.69, 9.17) is 10.5 Å². The predicted octanol–water partition coefficient (Wildman–Crippen LogP) is 3.53. The molecule has 0 radical (unpaired) electrons. The molecular formula is C22H25FN4O2. The lowest BCUT2D eigenvalue weighted by atomic mass is 9.67. The van der Waals surface area contributed by atoms with Gasteiger partial charge in [-0.05, 0) is 50.6 Å². The summed E-state index contributed by atoms with van der Waals surface area (Å²) in [5.74, 6) is 0.250. The fourth-order valence-electron chi connectivity index (χ4n) is 4.02. The van der Waals surface area contributed by atoms with Gasteiger partial charge >= 0.3 is 0 Å². The highest BCUT2D eigenvalue weighted by Gasteiger charge is 2.53. The van der Waals surface area contributed by atoms with Gasteiger partial charge in [0.25, 0.3) is 0 Å². The van der Waals surface area contributed by atoms with Crippen LogP contribution in [0.3, 0.4) is 0 Å². The minimum absolute atomic E-state index is 0.0730. The number of aliphatic imine (C=N–C) groups is 1. The highest BCUT2D eigenvalue weighted by Crippen LogP contribution is 2.48. The minimum Gasteiger partial charge on any atom is -0.491 e. The van der Waals surface area contributed by atoms with Crippen molar-refractivity contribution in [2.75, 3.05) is 19.0 Å². The van der Waals surface area contributed by atoms with E-state index in [9.17, 15) is 9.18 Å². The number of carbonyl (C=O) groups excluding carboxylic acids is 1. The van der Waals surface area contributed by atoms with Crippen molar-refractivity contribution in [1.82, 2.24) is 4.90 Å². The van der Waals surface area contributed by atoms with Crippen molar-refractivity contribution in [1.29, 1.82) is 0 Å². The molecular weight excluding hydrogens is 371 g/mol. The minimum atomic E-state index is -1.16. The lowest BCUT2D eigenvalue weighted by Crippen LogP contribution is -2.58. The summed E-state index contributed by atoms with van der Waals surface area (Å²) >= 11 is 0. The SMILES string of the molecule is CN1C(=O)C(C)(C)[C@@](C)(c2cc(Nc3cccc4c3OCC4)ccc2F)N=C1N. The molecule has 2 aromatic carbocycles. The Morgan fingerprint density at radius 2 is 2.00 bits per heavy atom. The first-order chi connectivity index (χ1) is 13.6. The number of carbonyl (C=O) groups is 1. The molecule has 2 aliphatic heterocycles. The fourth-order valence-corrected chi connectivity index (χ4v) is 4.02. The van der Waals surface area contributed by atoms with Gasteiger partial charge in [0.05, 0.1) is 17.7 Å². The van der Waals surface area contributed by atoms with E-state index in [-0.39, 0.29) is 11.9 Å². The average Bonchev–Trinajstić information content (AvgIpc) is 3.16. The van der Waals surface area contributed by atoms with Crippen LogP contribution in [0.2, 0.25) is 0 Å². The van der Waals surface area contributed by atoms with E-state index in [0.29, 0.717) is 17.9 Å². The lowest BCUT2D eigenvalue weighted by molar-refractivity contribution is -0.140. The monoisotopic (exact) mass is 396 g/mol. The highest BCUT2D eigenvalue weighted by atomic mass is 19.1. The molecule has 0 aliphatic carbocycles. The Kier molecular flexibility index (Phi) is 4.29. The van der Waals surface area contributed by atoms with Crippen molar-refractivity contribution in [2.45, 2.75) is 32.7 Å². The second kappa shape index (κ2) is 6.47. The number of guanidine groups is 1. The maximum absolute atomic E-state index is 15.0. The molecule has 2 heterocycles. The average molecular weight is 396 g/mol. The second-order valence-electron chi connectivity index (χ2n) is 8.24. The van der Waals surface area contributed by atoms with Crippen LogP contribution in [-0.4, -0.2) is 30.4 Å². The van der Waals surface area contributed by atoms with E-state index < -0.39 is 16.8 Å². The molecule has 0 unspecified atom stereocenters. The van der Waals surface area contributed by atoms with Crippen molar-refractivity contribution in [3.8, 4) is 5.75 Å². The molecule has 6 nitrogen and oxygen atoms in total. The molecule has 29 heavy (non-hydrogen) atoms. The van der Waals surface area contributed by atoms with Crippen LogP contribution < -0.4 is 15.8 Å². The summed E-state index contributed by atoms with van der Waals surface area (Å²) < 4.78 is 20.7. The van der Waals surface area contributed by atoms with Crippen molar-refractivity contribution in [3.05, 3.63) is 53.3 Å². The quantitative estimate of drug-likeness (QED) is 0.832. The molecule has 2 aromatic rings. The Bertz CT molecular complexity index is 1030. The van der Waals surface area contributed by atoms with Gasteiger partial charge in [-0.2, -0.15) is 0 Å². The summed E-state index contributed by atoms with van der Waals surface area (Å²) in [6, 6.07) is 10.7. The first-order valence-corrected chi connectivity index (χ1v) is 9.60. The molecule has 0 fully saturated rings. The third-order valence-corrected chi connectivity index (χ3v) is 6.22. The number of fused-ring (bicyclic) bond motifs is 1. The van der Waals surface area contributed by atoms with Gasteiger partial charge in [0.1, 0.15) is 17.1 Å². The number of nitrogens with one attached hydrogen (secondary N) is 1. The van der Waals surface area contributed by atoms with Gasteiger partial charge < -0.3 is 15.8 Å². The van der Waals surface area contributed by atoms with Gasteiger partial charge in [-0.15, -0.1) is 0 Å². The first kappa shape index (κ1) is 19.2. The first-order valence-electron chi connectivity index (χ1n) is 9.60. The summed E-state index contributed by atoms with van der Waals surface area (Å²) in [6.45, 7) is 5.92. The van der Waals surface area contributed by atoms with E-state index >= 15 is 0 Å². The van der Waals surface area contributed by atoms with Crippen molar-refractivity contribution in [2.24, 2.45) is 16.1 Å². The van der Waals surface area contributed by atoms with Gasteiger partial charge in [-0.3, -0.25) is 9.69 Å². The van der Waals surface area contributed by atoms with Gasteiger partial charge in [0.2, 0.25) is 5.91 Å². The maximum Gasteiger partial charge on any atom is 0.237 e. The standard InChI is InChI=1S/C22H25FN4O2/c1-21(2)19(28)27(4)20(24)26-22(21,3)15-12-14(8-9-16(15)23)25-17-7-5-6-13-10-11-29-18(13)17/h5-9,12,25H,10-11H2,1-4H3,(H2,24,26)/t22-/m1/s1. The summed E-state index contributed by atoms with van der Waals surface area (Å²) in [7, 11) is 1.58. The Morgan fingerprint density at radius 3 is 2.76 bits per heavy atom. The van der Waals surface area contributed by atoms with Crippen LogP contribution in [0.5, 0.6) is 5.75 Å². The predicted molar refractivity (Wildman–Crippen MR) is 111 cm³/mol. The van der Waals surface area contributed by atoms with Crippen LogP contribution >= 0.6 is 0 Å². The van der Waals surface area contributed by atoms with Crippen LogP contribution in [0.1, 0.15) is 31.9 Å². The Labute approximate surface area is 169 Å². The molecule has 4 rings (SSSR count). The molecule has 0 spiro atoms. The Balaban J connectivity index is 1.78. The molecule has 1 amide bonds. The van der Waals surface area contributed by atoms with Crippen LogP contribution in [0.15, 0.2) is 41.4 Å². The number of hydrogen-bond acceptors (Lipinski definition) is 5. The van der Waals surface area contributed by atoms with Gasteiger partial charge in [0.15, 0.2) is 5.96 Å². The van der Waals surface area contributed by atoms with Crippen LogP contribution in [0.25, 0.3) is 0 Å². The van der Waals surface area contributed by atoms with E-state index in [0.717, 1.165) is 23.4 Å². The number of halogens is 1. The van der Waals surface area contributed by atoms with E-state index in [1.807, 2.05) is 18.2 Å².